The molecule has 4 heteroatoms. The molecule has 0 saturated heterocycles. The molecular formula is C45H69O3P. The van der Waals surface area contributed by atoms with Crippen LogP contribution in [0.15, 0.2) is 54.6 Å². The lowest BCUT2D eigenvalue weighted by atomic mass is 10.1. The average molecular weight is 689 g/mol. The van der Waals surface area contributed by atoms with Crippen molar-refractivity contribution in [1.82, 2.24) is 0 Å². The highest BCUT2D eigenvalue weighted by Gasteiger charge is 2.24. The smallest absolute Gasteiger partial charge is 0.119 e. The molecular weight excluding hydrogens is 619 g/mol. The summed E-state index contributed by atoms with van der Waals surface area (Å²) in [5.74, 6) is 2.92. The number of ether oxygens (including phenoxy) is 3. The molecule has 0 N–H and O–H groups in total. The zero-order chi connectivity index (χ0) is 35.1. The van der Waals surface area contributed by atoms with Gasteiger partial charge >= 0.3 is 0 Å². The molecule has 0 heterocycles. The van der Waals surface area contributed by atoms with Crippen molar-refractivity contribution in [1.29, 1.82) is 0 Å². The molecule has 0 aliphatic rings. The summed E-state index contributed by atoms with van der Waals surface area (Å²) < 4.78 is 19.2. The lowest BCUT2D eigenvalue weighted by Crippen LogP contribution is -2.26. The van der Waals surface area contributed by atoms with Crippen LogP contribution in [0.1, 0.15) is 153 Å². The average Bonchev–Trinajstić information content (AvgIpc) is 3.10. The minimum atomic E-state index is -0.883. The summed E-state index contributed by atoms with van der Waals surface area (Å²) in [5.41, 5.74) is 3.90. The largest absolute Gasteiger partial charge is 0.494 e. The number of hydrogen-bond acceptors (Lipinski definition) is 3. The lowest BCUT2D eigenvalue weighted by molar-refractivity contribution is 0.304. The molecule has 3 rings (SSSR count). The third kappa shape index (κ3) is 15.1. The standard InChI is InChI=1S/C45H69O3P/c1-7-10-13-16-19-22-31-46-40-28-25-37(4)43(34-40)49(44-35-41(29-26-38(44)5)47-32-23-20-17-14-11-8-2)45-36-42(30-27-39(45)6)48-33-24-21-18-15-12-9-3/h25-30,34-36H,7-24,31-33H2,1-6H3. The highest BCUT2D eigenvalue weighted by molar-refractivity contribution is 7.80. The molecule has 0 spiro atoms. The molecule has 3 nitrogen and oxygen atoms in total. The predicted molar refractivity (Wildman–Crippen MR) is 216 cm³/mol. The predicted octanol–water partition coefficient (Wildman–Crippen LogP) is 12.6. The van der Waals surface area contributed by atoms with Crippen LogP contribution in [-0.2, 0) is 0 Å². The Labute approximate surface area is 302 Å². The van der Waals surface area contributed by atoms with E-state index in [1.807, 2.05) is 0 Å². The van der Waals surface area contributed by atoms with E-state index >= 15 is 0 Å². The van der Waals surface area contributed by atoms with Crippen LogP contribution in [0.4, 0.5) is 0 Å². The molecule has 49 heavy (non-hydrogen) atoms. The molecule has 0 unspecified atom stereocenters. The first-order chi connectivity index (χ1) is 24.0. The van der Waals surface area contributed by atoms with E-state index in [1.54, 1.807) is 0 Å². The van der Waals surface area contributed by atoms with E-state index in [-0.39, 0.29) is 0 Å². The molecule has 0 aliphatic carbocycles. The molecule has 3 aromatic rings. The van der Waals surface area contributed by atoms with E-state index in [1.165, 1.54) is 129 Å². The fraction of sp³-hybridized carbons (Fsp3) is 0.600. The maximum atomic E-state index is 6.40. The van der Waals surface area contributed by atoms with Gasteiger partial charge in [0.2, 0.25) is 0 Å². The molecule has 3 aromatic carbocycles. The van der Waals surface area contributed by atoms with Gasteiger partial charge in [-0.2, -0.15) is 0 Å². The van der Waals surface area contributed by atoms with Crippen molar-refractivity contribution in [2.75, 3.05) is 19.8 Å². The molecule has 0 aliphatic heterocycles. The maximum absolute atomic E-state index is 6.40. The van der Waals surface area contributed by atoms with Gasteiger partial charge in [0, 0.05) is 0 Å². The van der Waals surface area contributed by atoms with Crippen LogP contribution >= 0.6 is 7.92 Å². The Morgan fingerprint density at radius 2 is 0.633 bits per heavy atom. The summed E-state index contributed by atoms with van der Waals surface area (Å²) in [4.78, 5) is 0. The van der Waals surface area contributed by atoms with E-state index in [0.717, 1.165) is 56.3 Å². The van der Waals surface area contributed by atoms with Gasteiger partial charge in [0.25, 0.3) is 0 Å². The Hall–Kier alpha value is -2.51. The number of benzene rings is 3. The summed E-state index contributed by atoms with van der Waals surface area (Å²) in [6, 6.07) is 20.2. The Bertz CT molecular complexity index is 1160. The molecule has 0 atom stereocenters. The zero-order valence-corrected chi connectivity index (χ0v) is 33.1. The molecule has 0 amide bonds. The summed E-state index contributed by atoms with van der Waals surface area (Å²) in [7, 11) is -0.883. The number of hydrogen-bond donors (Lipinski definition) is 0. The fourth-order valence-electron chi connectivity index (χ4n) is 6.37. The van der Waals surface area contributed by atoms with Crippen molar-refractivity contribution in [2.45, 2.75) is 157 Å². The van der Waals surface area contributed by atoms with Gasteiger partial charge in [-0.1, -0.05) is 135 Å². The SMILES string of the molecule is CCCCCCCCOc1ccc(C)c(P(c2cc(OCCCCCCCC)ccc2C)c2cc(OCCCCCCCC)ccc2C)c1. The van der Waals surface area contributed by atoms with Gasteiger partial charge in [-0.15, -0.1) is 0 Å². The van der Waals surface area contributed by atoms with E-state index in [9.17, 15) is 0 Å². The van der Waals surface area contributed by atoms with Gasteiger partial charge in [-0.3, -0.25) is 0 Å². The molecule has 0 radical (unpaired) electrons. The van der Waals surface area contributed by atoms with Crippen molar-refractivity contribution < 1.29 is 14.2 Å². The molecule has 0 bridgehead atoms. The van der Waals surface area contributed by atoms with Gasteiger partial charge in [0.1, 0.15) is 17.2 Å². The second-order valence-corrected chi connectivity index (χ2v) is 16.1. The highest BCUT2D eigenvalue weighted by atomic mass is 31.1. The third-order valence-electron chi connectivity index (χ3n) is 9.56. The van der Waals surface area contributed by atoms with E-state index in [0.29, 0.717) is 0 Å². The van der Waals surface area contributed by atoms with Gasteiger partial charge < -0.3 is 14.2 Å². The number of aryl methyl sites for hydroxylation is 3. The molecule has 0 fully saturated rings. The first-order valence-corrected chi connectivity index (χ1v) is 21.3. The van der Waals surface area contributed by atoms with Gasteiger partial charge in [-0.05, 0) is 117 Å². The van der Waals surface area contributed by atoms with Gasteiger partial charge in [-0.25, -0.2) is 0 Å². The molecule has 0 saturated carbocycles. The monoisotopic (exact) mass is 688 g/mol. The topological polar surface area (TPSA) is 27.7 Å². The quantitative estimate of drug-likeness (QED) is 0.0589. The summed E-state index contributed by atoms with van der Waals surface area (Å²) in [6.45, 7) is 15.9. The van der Waals surface area contributed by atoms with Crippen LogP contribution in [-0.4, -0.2) is 19.8 Å². The van der Waals surface area contributed by atoms with Crippen LogP contribution in [0.3, 0.4) is 0 Å². The second-order valence-electron chi connectivity index (χ2n) is 14.0. The Balaban J connectivity index is 1.87. The lowest BCUT2D eigenvalue weighted by Gasteiger charge is -2.26. The van der Waals surface area contributed by atoms with Crippen LogP contribution in [0.25, 0.3) is 0 Å². The Morgan fingerprint density at radius 3 is 0.918 bits per heavy atom. The van der Waals surface area contributed by atoms with E-state index in [2.05, 4.69) is 96.1 Å². The third-order valence-corrected chi connectivity index (χ3v) is 12.5. The summed E-state index contributed by atoms with van der Waals surface area (Å²) in [6.07, 6.45) is 22.8. The Morgan fingerprint density at radius 1 is 0.367 bits per heavy atom. The van der Waals surface area contributed by atoms with Crippen molar-refractivity contribution in [3.8, 4) is 17.2 Å². The van der Waals surface area contributed by atoms with Gasteiger partial charge in [0.15, 0.2) is 0 Å². The fourth-order valence-corrected chi connectivity index (χ4v) is 9.20. The number of rotatable bonds is 27. The van der Waals surface area contributed by atoms with Crippen molar-refractivity contribution in [2.24, 2.45) is 0 Å². The van der Waals surface area contributed by atoms with E-state index in [4.69, 9.17) is 14.2 Å². The van der Waals surface area contributed by atoms with Crippen molar-refractivity contribution >= 4 is 23.8 Å². The first kappa shape index (κ1) is 40.9. The minimum Gasteiger partial charge on any atom is -0.494 e. The Kier molecular flexibility index (Phi) is 20.5. The maximum Gasteiger partial charge on any atom is 0.119 e. The number of unbranched alkanes of at least 4 members (excludes halogenated alkanes) is 15. The molecule has 272 valence electrons. The van der Waals surface area contributed by atoms with Gasteiger partial charge in [0.05, 0.1) is 19.8 Å². The normalized spacial score (nSPS) is 11.3. The highest BCUT2D eigenvalue weighted by Crippen LogP contribution is 2.39. The summed E-state index contributed by atoms with van der Waals surface area (Å²) >= 11 is 0. The minimum absolute atomic E-state index is 0.772. The molecule has 0 aromatic heterocycles. The first-order valence-electron chi connectivity index (χ1n) is 20.0. The van der Waals surface area contributed by atoms with E-state index < -0.39 is 7.92 Å². The van der Waals surface area contributed by atoms with Crippen LogP contribution < -0.4 is 30.1 Å². The van der Waals surface area contributed by atoms with Crippen molar-refractivity contribution in [3.63, 3.8) is 0 Å². The zero-order valence-electron chi connectivity index (χ0n) is 32.2. The van der Waals surface area contributed by atoms with Crippen LogP contribution in [0.2, 0.25) is 0 Å². The van der Waals surface area contributed by atoms with Crippen LogP contribution in [0, 0.1) is 20.8 Å². The van der Waals surface area contributed by atoms with Crippen LogP contribution in [0.5, 0.6) is 17.2 Å². The summed E-state index contributed by atoms with van der Waals surface area (Å²) in [5, 5.41) is 4.05. The van der Waals surface area contributed by atoms with Crippen molar-refractivity contribution in [3.05, 3.63) is 71.3 Å². The second kappa shape index (κ2) is 24.6.